The third kappa shape index (κ3) is 4.15. The Balaban J connectivity index is 1.49. The average Bonchev–Trinajstić information content (AvgIpc) is 3.26. The van der Waals surface area contributed by atoms with Crippen LogP contribution in [-0.2, 0) is 0 Å². The summed E-state index contributed by atoms with van der Waals surface area (Å²) >= 11 is 0. The fraction of sp³-hybridized carbons (Fsp3) is 0.250. The Bertz CT molecular complexity index is 934. The smallest absolute Gasteiger partial charge is 0.270 e. The van der Waals surface area contributed by atoms with Gasteiger partial charge in [-0.15, -0.1) is 0 Å². The number of Topliss-reactive ketones (excluding diaryl/α,β-unsaturated/α-hetero) is 1. The molecule has 1 aliphatic rings. The molecule has 5 heteroatoms. The van der Waals surface area contributed by atoms with Crippen LogP contribution in [0.3, 0.4) is 0 Å². The summed E-state index contributed by atoms with van der Waals surface area (Å²) in [5.41, 5.74) is 3.47. The lowest BCUT2D eigenvalue weighted by Gasteiger charge is -2.39. The number of hydrogen-bond donors (Lipinski definition) is 1. The van der Waals surface area contributed by atoms with Crippen LogP contribution in [0.1, 0.15) is 45.1 Å². The molecule has 5 nitrogen and oxygen atoms in total. The summed E-state index contributed by atoms with van der Waals surface area (Å²) in [5, 5.41) is 0. The monoisotopic (exact) mass is 387 g/mol. The summed E-state index contributed by atoms with van der Waals surface area (Å²) < 4.78 is 0. The second-order valence-electron chi connectivity index (χ2n) is 7.39. The van der Waals surface area contributed by atoms with E-state index in [1.165, 1.54) is 18.1 Å². The highest BCUT2D eigenvalue weighted by molar-refractivity contribution is 5.97. The molecule has 2 aromatic carbocycles. The molecule has 1 fully saturated rings. The number of carbonyl (C=O) groups excluding carboxylic acids is 2. The molecule has 0 radical (unpaired) electrons. The third-order valence-electron chi connectivity index (χ3n) is 5.49. The number of rotatable bonds is 5. The van der Waals surface area contributed by atoms with E-state index < -0.39 is 0 Å². The van der Waals surface area contributed by atoms with E-state index in [9.17, 15) is 9.59 Å². The highest BCUT2D eigenvalue weighted by atomic mass is 16.2. The molecular weight excluding hydrogens is 362 g/mol. The first-order chi connectivity index (χ1) is 14.1. The molecule has 3 aromatic rings. The Hall–Kier alpha value is -3.18. The Morgan fingerprint density at radius 3 is 1.76 bits per heavy atom. The van der Waals surface area contributed by atoms with Crippen molar-refractivity contribution < 1.29 is 9.59 Å². The molecule has 148 valence electrons. The van der Waals surface area contributed by atoms with Gasteiger partial charge in [0.1, 0.15) is 5.69 Å². The van der Waals surface area contributed by atoms with Gasteiger partial charge < -0.3 is 9.88 Å². The van der Waals surface area contributed by atoms with Crippen molar-refractivity contribution in [3.8, 4) is 0 Å². The zero-order valence-corrected chi connectivity index (χ0v) is 16.5. The van der Waals surface area contributed by atoms with Gasteiger partial charge in [-0.3, -0.25) is 14.5 Å². The van der Waals surface area contributed by atoms with Gasteiger partial charge in [-0.25, -0.2) is 0 Å². The van der Waals surface area contributed by atoms with Crippen LogP contribution in [0.4, 0.5) is 0 Å². The molecule has 1 amide bonds. The number of ketones is 1. The quantitative estimate of drug-likeness (QED) is 0.678. The standard InChI is InChI=1S/C24H25N3O2/c1-18(28)21-12-13-22(25-21)24(29)27-16-14-26(15-17-27)23(19-8-4-2-5-9-19)20-10-6-3-7-11-20/h2-13,23,25H,14-17H2,1H3. The summed E-state index contributed by atoms with van der Waals surface area (Å²) in [5.74, 6) is -0.115. The van der Waals surface area contributed by atoms with Gasteiger partial charge in [-0.2, -0.15) is 0 Å². The lowest BCUT2D eigenvalue weighted by atomic mass is 9.96. The van der Waals surface area contributed by atoms with Crippen molar-refractivity contribution in [1.29, 1.82) is 0 Å². The second-order valence-corrected chi connectivity index (χ2v) is 7.39. The van der Waals surface area contributed by atoms with Crippen LogP contribution in [0.15, 0.2) is 72.8 Å². The number of amides is 1. The normalized spacial score (nSPS) is 14.9. The highest BCUT2D eigenvalue weighted by Gasteiger charge is 2.29. The largest absolute Gasteiger partial charge is 0.348 e. The first kappa shape index (κ1) is 19.2. The number of aromatic amines is 1. The fourth-order valence-corrected chi connectivity index (χ4v) is 3.96. The molecule has 1 aromatic heterocycles. The molecule has 0 saturated carbocycles. The van der Waals surface area contributed by atoms with Crippen molar-refractivity contribution in [3.63, 3.8) is 0 Å². The predicted octanol–water partition coefficient (Wildman–Crippen LogP) is 3.76. The minimum atomic E-state index is -0.0672. The number of piperazine rings is 1. The Morgan fingerprint density at radius 2 is 1.28 bits per heavy atom. The number of hydrogen-bond acceptors (Lipinski definition) is 3. The third-order valence-corrected chi connectivity index (χ3v) is 5.49. The van der Waals surface area contributed by atoms with Gasteiger partial charge in [0.25, 0.3) is 5.91 Å². The number of aromatic nitrogens is 1. The van der Waals surface area contributed by atoms with Gasteiger partial charge in [0.2, 0.25) is 0 Å². The maximum atomic E-state index is 12.8. The zero-order valence-electron chi connectivity index (χ0n) is 16.5. The van der Waals surface area contributed by atoms with Crippen LogP contribution in [0.5, 0.6) is 0 Å². The Labute approximate surface area is 171 Å². The van der Waals surface area contributed by atoms with Crippen molar-refractivity contribution >= 4 is 11.7 Å². The molecule has 1 aliphatic heterocycles. The van der Waals surface area contributed by atoms with Crippen LogP contribution in [-0.4, -0.2) is 52.7 Å². The molecular formula is C24H25N3O2. The van der Waals surface area contributed by atoms with E-state index in [1.807, 2.05) is 17.0 Å². The maximum Gasteiger partial charge on any atom is 0.270 e. The van der Waals surface area contributed by atoms with Gasteiger partial charge in [0.05, 0.1) is 11.7 Å². The number of nitrogens with zero attached hydrogens (tertiary/aromatic N) is 2. The summed E-state index contributed by atoms with van der Waals surface area (Å²) in [6, 6.07) is 24.6. The average molecular weight is 387 g/mol. The lowest BCUT2D eigenvalue weighted by Crippen LogP contribution is -2.50. The molecule has 1 saturated heterocycles. The van der Waals surface area contributed by atoms with Crippen molar-refractivity contribution in [2.24, 2.45) is 0 Å². The molecule has 0 unspecified atom stereocenters. The number of nitrogens with one attached hydrogen (secondary N) is 1. The number of carbonyl (C=O) groups is 2. The second kappa shape index (κ2) is 8.45. The molecule has 4 rings (SSSR count). The van der Waals surface area contributed by atoms with Gasteiger partial charge in [0.15, 0.2) is 5.78 Å². The van der Waals surface area contributed by atoms with E-state index in [4.69, 9.17) is 0 Å². The van der Waals surface area contributed by atoms with Crippen LogP contribution in [0.25, 0.3) is 0 Å². The van der Waals surface area contributed by atoms with Crippen molar-refractivity contribution in [2.45, 2.75) is 13.0 Å². The molecule has 0 aliphatic carbocycles. The summed E-state index contributed by atoms with van der Waals surface area (Å²) in [7, 11) is 0. The van der Waals surface area contributed by atoms with E-state index in [1.54, 1.807) is 12.1 Å². The van der Waals surface area contributed by atoms with Crippen molar-refractivity contribution in [1.82, 2.24) is 14.8 Å². The molecule has 0 bridgehead atoms. The molecule has 0 atom stereocenters. The lowest BCUT2D eigenvalue weighted by molar-refractivity contribution is 0.0592. The molecule has 29 heavy (non-hydrogen) atoms. The van der Waals surface area contributed by atoms with Gasteiger partial charge in [-0.05, 0) is 23.3 Å². The van der Waals surface area contributed by atoms with E-state index in [0.717, 1.165) is 13.1 Å². The molecule has 2 heterocycles. The highest BCUT2D eigenvalue weighted by Crippen LogP contribution is 2.29. The Morgan fingerprint density at radius 1 is 0.759 bits per heavy atom. The van der Waals surface area contributed by atoms with Gasteiger partial charge in [0, 0.05) is 33.1 Å². The van der Waals surface area contributed by atoms with Crippen LogP contribution < -0.4 is 0 Å². The fourth-order valence-electron chi connectivity index (χ4n) is 3.96. The number of H-pyrrole nitrogens is 1. The van der Waals surface area contributed by atoms with E-state index in [2.05, 4.69) is 58.4 Å². The Kier molecular flexibility index (Phi) is 5.58. The summed E-state index contributed by atoms with van der Waals surface area (Å²) in [6.45, 7) is 4.39. The summed E-state index contributed by atoms with van der Waals surface area (Å²) in [4.78, 5) is 31.5. The zero-order chi connectivity index (χ0) is 20.2. The topological polar surface area (TPSA) is 56.4 Å². The first-order valence-electron chi connectivity index (χ1n) is 9.96. The molecule has 1 N–H and O–H groups in total. The SMILES string of the molecule is CC(=O)c1ccc(C(=O)N2CCN(C(c3ccccc3)c3ccccc3)CC2)[nH]1. The van der Waals surface area contributed by atoms with E-state index in [0.29, 0.717) is 24.5 Å². The minimum Gasteiger partial charge on any atom is -0.348 e. The van der Waals surface area contributed by atoms with Gasteiger partial charge >= 0.3 is 0 Å². The van der Waals surface area contributed by atoms with E-state index in [-0.39, 0.29) is 17.7 Å². The van der Waals surface area contributed by atoms with Crippen LogP contribution in [0.2, 0.25) is 0 Å². The van der Waals surface area contributed by atoms with Crippen molar-refractivity contribution in [2.75, 3.05) is 26.2 Å². The van der Waals surface area contributed by atoms with Crippen LogP contribution >= 0.6 is 0 Å². The van der Waals surface area contributed by atoms with E-state index >= 15 is 0 Å². The van der Waals surface area contributed by atoms with Crippen molar-refractivity contribution in [3.05, 3.63) is 95.3 Å². The first-order valence-corrected chi connectivity index (χ1v) is 9.96. The van der Waals surface area contributed by atoms with Crippen LogP contribution in [0, 0.1) is 0 Å². The summed E-state index contributed by atoms with van der Waals surface area (Å²) in [6.07, 6.45) is 0. The predicted molar refractivity (Wildman–Crippen MR) is 113 cm³/mol. The molecule has 0 spiro atoms. The minimum absolute atomic E-state index is 0.0480. The maximum absolute atomic E-state index is 12.8. The van der Waals surface area contributed by atoms with Gasteiger partial charge in [-0.1, -0.05) is 60.7 Å². The number of benzene rings is 2.